The van der Waals surface area contributed by atoms with Gasteiger partial charge in [0.05, 0.1) is 11.5 Å². The van der Waals surface area contributed by atoms with Gasteiger partial charge in [0.15, 0.2) is 5.78 Å². The van der Waals surface area contributed by atoms with Gasteiger partial charge in [-0.25, -0.2) is 0 Å². The Balaban J connectivity index is 2.19. The van der Waals surface area contributed by atoms with Crippen molar-refractivity contribution in [2.45, 2.75) is 6.54 Å². The quantitative estimate of drug-likeness (QED) is 0.372. The van der Waals surface area contributed by atoms with Gasteiger partial charge in [-0.3, -0.25) is 14.9 Å². The second-order valence-electron chi connectivity index (χ2n) is 3.89. The summed E-state index contributed by atoms with van der Waals surface area (Å²) in [7, 11) is 0. The van der Waals surface area contributed by atoms with Crippen molar-refractivity contribution >= 4 is 23.7 Å². The van der Waals surface area contributed by atoms with Crippen LogP contribution in [0.4, 0.5) is 5.69 Å². The van der Waals surface area contributed by atoms with Crippen molar-refractivity contribution in [3.63, 3.8) is 0 Å². The molecule has 0 amide bonds. The maximum atomic E-state index is 12.0. The smallest absolute Gasteiger partial charge is 0.269 e. The first-order chi connectivity index (χ1) is 9.08. The van der Waals surface area contributed by atoms with E-state index in [4.69, 9.17) is 12.2 Å². The number of carbonyl (C=O) groups excluding carboxylic acids is 1. The molecular formula is C13H10N2O3S. The molecule has 0 saturated heterocycles. The topological polar surface area (TPSA) is 65.1 Å². The largest absolute Gasteiger partial charge is 0.331 e. The van der Waals surface area contributed by atoms with Crippen molar-refractivity contribution in [2.75, 3.05) is 0 Å². The predicted molar refractivity (Wildman–Crippen MR) is 72.7 cm³/mol. The normalized spacial score (nSPS) is 10.1. The molecule has 0 radical (unpaired) electrons. The molecule has 19 heavy (non-hydrogen) atoms. The molecule has 0 bridgehead atoms. The van der Waals surface area contributed by atoms with Gasteiger partial charge < -0.3 is 4.57 Å². The maximum absolute atomic E-state index is 12.0. The van der Waals surface area contributed by atoms with E-state index in [9.17, 15) is 14.9 Å². The minimum Gasteiger partial charge on any atom is -0.331 e. The fourth-order valence-electron chi connectivity index (χ4n) is 1.61. The number of Topliss-reactive ketones (excluding diaryl/α,β-unsaturated/α-hetero) is 1. The second kappa shape index (κ2) is 5.53. The third kappa shape index (κ3) is 3.11. The van der Waals surface area contributed by atoms with Crippen LogP contribution < -0.4 is 0 Å². The lowest BCUT2D eigenvalue weighted by Gasteiger charge is -2.05. The lowest BCUT2D eigenvalue weighted by molar-refractivity contribution is -0.384. The number of ketones is 1. The summed E-state index contributed by atoms with van der Waals surface area (Å²) in [6, 6.07) is 10.9. The van der Waals surface area contributed by atoms with E-state index in [0.717, 1.165) is 0 Å². The zero-order chi connectivity index (χ0) is 13.8. The number of benzene rings is 1. The van der Waals surface area contributed by atoms with Crippen LogP contribution in [0.3, 0.4) is 0 Å². The van der Waals surface area contributed by atoms with E-state index in [1.54, 1.807) is 29.0 Å². The fraction of sp³-hybridized carbons (Fsp3) is 0.0769. The Kier molecular flexibility index (Phi) is 3.82. The number of nitro groups is 1. The summed E-state index contributed by atoms with van der Waals surface area (Å²) in [5.41, 5.74) is 0.393. The zero-order valence-electron chi connectivity index (χ0n) is 9.85. The summed E-state index contributed by atoms with van der Waals surface area (Å²) in [4.78, 5) is 22.0. The molecule has 96 valence electrons. The molecule has 0 N–H and O–H groups in total. The molecule has 0 unspecified atom stereocenters. The Morgan fingerprint density at radius 3 is 2.47 bits per heavy atom. The standard InChI is InChI=1S/C13H10N2O3S/c16-12(9-14-8-2-1-3-13(14)19)10-4-6-11(7-5-10)15(17)18/h1-8H,9H2. The lowest BCUT2D eigenvalue weighted by Crippen LogP contribution is -2.11. The third-order valence-electron chi connectivity index (χ3n) is 2.61. The van der Waals surface area contributed by atoms with Crippen molar-refractivity contribution in [2.24, 2.45) is 0 Å². The molecule has 0 atom stereocenters. The zero-order valence-corrected chi connectivity index (χ0v) is 10.7. The molecular weight excluding hydrogens is 264 g/mol. The van der Waals surface area contributed by atoms with Crippen LogP contribution >= 0.6 is 12.2 Å². The van der Waals surface area contributed by atoms with Crippen LogP contribution in [0.2, 0.25) is 0 Å². The molecule has 6 heteroatoms. The van der Waals surface area contributed by atoms with Gasteiger partial charge in [-0.2, -0.15) is 0 Å². The number of non-ortho nitro benzene ring substituents is 1. The van der Waals surface area contributed by atoms with Gasteiger partial charge in [-0.1, -0.05) is 18.3 Å². The molecule has 0 aliphatic rings. The predicted octanol–water partition coefficient (Wildman–Crippen LogP) is 3.01. The molecule has 1 aromatic carbocycles. The molecule has 2 rings (SSSR count). The Hall–Kier alpha value is -2.34. The number of hydrogen-bond donors (Lipinski definition) is 0. The minimum atomic E-state index is -0.498. The molecule has 0 spiro atoms. The van der Waals surface area contributed by atoms with E-state index in [2.05, 4.69) is 0 Å². The number of aromatic nitrogens is 1. The van der Waals surface area contributed by atoms with E-state index in [-0.39, 0.29) is 18.0 Å². The summed E-state index contributed by atoms with van der Waals surface area (Å²) in [5, 5.41) is 10.5. The number of nitrogens with zero attached hydrogens (tertiary/aromatic N) is 2. The van der Waals surface area contributed by atoms with E-state index >= 15 is 0 Å². The third-order valence-corrected chi connectivity index (χ3v) is 2.98. The van der Waals surface area contributed by atoms with Crippen LogP contribution in [0.1, 0.15) is 10.4 Å². The van der Waals surface area contributed by atoms with Gasteiger partial charge in [0.2, 0.25) is 0 Å². The Morgan fingerprint density at radius 2 is 1.89 bits per heavy atom. The molecule has 0 saturated carbocycles. The van der Waals surface area contributed by atoms with Crippen LogP contribution in [0.25, 0.3) is 0 Å². The van der Waals surface area contributed by atoms with E-state index < -0.39 is 4.92 Å². The van der Waals surface area contributed by atoms with Gasteiger partial charge in [0, 0.05) is 23.9 Å². The number of hydrogen-bond acceptors (Lipinski definition) is 4. The first kappa shape index (κ1) is 13.1. The van der Waals surface area contributed by atoms with Crippen molar-refractivity contribution in [3.05, 3.63) is 69.0 Å². The van der Waals surface area contributed by atoms with Gasteiger partial charge in [0.1, 0.15) is 4.64 Å². The minimum absolute atomic E-state index is 0.0344. The Morgan fingerprint density at radius 1 is 1.21 bits per heavy atom. The van der Waals surface area contributed by atoms with Crippen LogP contribution in [0.5, 0.6) is 0 Å². The highest BCUT2D eigenvalue weighted by Crippen LogP contribution is 2.13. The second-order valence-corrected chi connectivity index (χ2v) is 4.31. The average Bonchev–Trinajstić information content (AvgIpc) is 2.41. The molecule has 0 aliphatic heterocycles. The van der Waals surface area contributed by atoms with Crippen LogP contribution in [-0.4, -0.2) is 15.3 Å². The highest BCUT2D eigenvalue weighted by molar-refractivity contribution is 7.71. The number of carbonyl (C=O) groups is 1. The van der Waals surface area contributed by atoms with Gasteiger partial charge >= 0.3 is 0 Å². The number of rotatable bonds is 4. The van der Waals surface area contributed by atoms with Crippen LogP contribution in [0, 0.1) is 14.8 Å². The number of nitro benzene ring substituents is 1. The first-order valence-corrected chi connectivity index (χ1v) is 5.92. The average molecular weight is 274 g/mol. The molecule has 2 aromatic rings. The number of pyridine rings is 1. The molecule has 0 aliphatic carbocycles. The van der Waals surface area contributed by atoms with Gasteiger partial charge in [0.25, 0.3) is 5.69 Å². The molecule has 0 fully saturated rings. The Labute approximate surface area is 114 Å². The van der Waals surface area contributed by atoms with Gasteiger partial charge in [-0.05, 0) is 24.3 Å². The highest BCUT2D eigenvalue weighted by atomic mass is 32.1. The van der Waals surface area contributed by atoms with Crippen molar-refractivity contribution in [3.8, 4) is 0 Å². The summed E-state index contributed by atoms with van der Waals surface area (Å²) >= 11 is 5.10. The van der Waals surface area contributed by atoms with E-state index in [0.29, 0.717) is 10.2 Å². The summed E-state index contributed by atoms with van der Waals surface area (Å²) in [5.74, 6) is -0.141. The summed E-state index contributed by atoms with van der Waals surface area (Å²) in [6.07, 6.45) is 1.73. The van der Waals surface area contributed by atoms with Crippen LogP contribution in [0.15, 0.2) is 48.7 Å². The van der Waals surface area contributed by atoms with Crippen molar-refractivity contribution in [1.82, 2.24) is 4.57 Å². The Bertz CT molecular complexity index is 677. The SMILES string of the molecule is O=C(Cn1ccccc1=S)c1ccc([N+](=O)[O-])cc1. The molecule has 1 heterocycles. The highest BCUT2D eigenvalue weighted by Gasteiger charge is 2.09. The summed E-state index contributed by atoms with van der Waals surface area (Å²) in [6.45, 7) is 0.123. The monoisotopic (exact) mass is 274 g/mol. The molecule has 5 nitrogen and oxygen atoms in total. The molecule has 1 aromatic heterocycles. The van der Waals surface area contributed by atoms with Crippen LogP contribution in [-0.2, 0) is 6.54 Å². The summed E-state index contributed by atoms with van der Waals surface area (Å²) < 4.78 is 2.22. The van der Waals surface area contributed by atoms with E-state index in [1.165, 1.54) is 24.3 Å². The lowest BCUT2D eigenvalue weighted by atomic mass is 10.1. The van der Waals surface area contributed by atoms with E-state index in [1.807, 2.05) is 0 Å². The van der Waals surface area contributed by atoms with Gasteiger partial charge in [-0.15, -0.1) is 0 Å². The first-order valence-electron chi connectivity index (χ1n) is 5.51. The van der Waals surface area contributed by atoms with Crippen molar-refractivity contribution in [1.29, 1.82) is 0 Å². The van der Waals surface area contributed by atoms with Crippen molar-refractivity contribution < 1.29 is 9.72 Å². The maximum Gasteiger partial charge on any atom is 0.269 e. The fourth-order valence-corrected chi connectivity index (χ4v) is 1.81.